The molecular weight excluding hydrogens is 244 g/mol. The molecular formula is C14H20N2O3. The van der Waals surface area contributed by atoms with E-state index in [1.165, 1.54) is 7.11 Å². The van der Waals surface area contributed by atoms with Crippen molar-refractivity contribution in [1.29, 1.82) is 0 Å². The molecule has 104 valence electrons. The highest BCUT2D eigenvalue weighted by Gasteiger charge is 2.09. The molecule has 0 radical (unpaired) electrons. The summed E-state index contributed by atoms with van der Waals surface area (Å²) in [5.74, 6) is -0.387. The molecule has 0 heterocycles. The van der Waals surface area contributed by atoms with Gasteiger partial charge in [-0.1, -0.05) is 13.3 Å². The average molecular weight is 264 g/mol. The molecule has 0 aliphatic heterocycles. The summed E-state index contributed by atoms with van der Waals surface area (Å²) < 4.78 is 4.64. The number of amides is 2. The molecule has 1 aromatic carbocycles. The second-order valence-corrected chi connectivity index (χ2v) is 4.26. The van der Waals surface area contributed by atoms with Gasteiger partial charge in [0, 0.05) is 12.2 Å². The number of aryl methyl sites for hydroxylation is 1. The fourth-order valence-electron chi connectivity index (χ4n) is 1.59. The summed E-state index contributed by atoms with van der Waals surface area (Å²) in [6, 6.07) is 4.77. The van der Waals surface area contributed by atoms with E-state index in [4.69, 9.17) is 0 Å². The van der Waals surface area contributed by atoms with Crippen LogP contribution in [0.5, 0.6) is 0 Å². The topological polar surface area (TPSA) is 67.4 Å². The standard InChI is InChI=1S/C14H20N2O3/c1-4-5-8-15-14(18)16-12-7-6-11(9-10(12)2)13(17)19-3/h6-7,9H,4-5,8H2,1-3H3,(H2,15,16,18). The lowest BCUT2D eigenvalue weighted by molar-refractivity contribution is 0.0600. The Bertz CT molecular complexity index is 458. The lowest BCUT2D eigenvalue weighted by Gasteiger charge is -2.10. The number of urea groups is 1. The van der Waals surface area contributed by atoms with Gasteiger partial charge < -0.3 is 15.4 Å². The Kier molecular flexibility index (Phi) is 5.85. The van der Waals surface area contributed by atoms with Crippen molar-refractivity contribution in [2.24, 2.45) is 0 Å². The van der Waals surface area contributed by atoms with E-state index >= 15 is 0 Å². The lowest BCUT2D eigenvalue weighted by Crippen LogP contribution is -2.29. The van der Waals surface area contributed by atoms with Crippen LogP contribution in [0, 0.1) is 6.92 Å². The van der Waals surface area contributed by atoms with E-state index in [-0.39, 0.29) is 12.0 Å². The summed E-state index contributed by atoms with van der Waals surface area (Å²) in [6.45, 7) is 4.55. The van der Waals surface area contributed by atoms with Gasteiger partial charge in [-0.2, -0.15) is 0 Å². The number of carbonyl (C=O) groups excluding carboxylic acids is 2. The van der Waals surface area contributed by atoms with Gasteiger partial charge in [-0.3, -0.25) is 0 Å². The van der Waals surface area contributed by atoms with Gasteiger partial charge in [-0.15, -0.1) is 0 Å². The fourth-order valence-corrected chi connectivity index (χ4v) is 1.59. The van der Waals surface area contributed by atoms with Crippen LogP contribution in [0.25, 0.3) is 0 Å². The molecule has 0 atom stereocenters. The first-order valence-electron chi connectivity index (χ1n) is 6.32. The Hall–Kier alpha value is -2.04. The van der Waals surface area contributed by atoms with Crippen molar-refractivity contribution in [3.05, 3.63) is 29.3 Å². The van der Waals surface area contributed by atoms with Crippen molar-refractivity contribution in [3.8, 4) is 0 Å². The van der Waals surface area contributed by atoms with Gasteiger partial charge in [0.05, 0.1) is 12.7 Å². The molecule has 5 nitrogen and oxygen atoms in total. The third-order valence-corrected chi connectivity index (χ3v) is 2.71. The molecule has 0 saturated carbocycles. The third kappa shape index (κ3) is 4.62. The van der Waals surface area contributed by atoms with E-state index in [0.717, 1.165) is 18.4 Å². The maximum Gasteiger partial charge on any atom is 0.337 e. The Morgan fingerprint density at radius 2 is 2.05 bits per heavy atom. The molecule has 2 N–H and O–H groups in total. The van der Waals surface area contributed by atoms with Crippen molar-refractivity contribution in [2.45, 2.75) is 26.7 Å². The molecule has 0 fully saturated rings. The molecule has 0 spiro atoms. The van der Waals surface area contributed by atoms with Crippen LogP contribution in [0.2, 0.25) is 0 Å². The summed E-state index contributed by atoms with van der Waals surface area (Å²) in [5, 5.41) is 5.52. The summed E-state index contributed by atoms with van der Waals surface area (Å²) >= 11 is 0. The predicted octanol–water partition coefficient (Wildman–Crippen LogP) is 2.70. The minimum atomic E-state index is -0.387. The number of rotatable bonds is 5. The second-order valence-electron chi connectivity index (χ2n) is 4.26. The Labute approximate surface area is 113 Å². The monoisotopic (exact) mass is 264 g/mol. The van der Waals surface area contributed by atoms with Gasteiger partial charge in [0.2, 0.25) is 0 Å². The average Bonchev–Trinajstić information content (AvgIpc) is 2.40. The van der Waals surface area contributed by atoms with Crippen molar-refractivity contribution in [3.63, 3.8) is 0 Å². The zero-order valence-corrected chi connectivity index (χ0v) is 11.6. The van der Waals surface area contributed by atoms with Crippen molar-refractivity contribution >= 4 is 17.7 Å². The smallest absolute Gasteiger partial charge is 0.337 e. The van der Waals surface area contributed by atoms with E-state index in [1.807, 2.05) is 6.92 Å². The number of anilines is 1. The zero-order chi connectivity index (χ0) is 14.3. The quantitative estimate of drug-likeness (QED) is 0.634. The Balaban J connectivity index is 2.64. The van der Waals surface area contributed by atoms with Gasteiger partial charge in [0.15, 0.2) is 0 Å². The fraction of sp³-hybridized carbons (Fsp3) is 0.429. The number of unbranched alkanes of at least 4 members (excludes halogenated alkanes) is 1. The van der Waals surface area contributed by atoms with E-state index in [0.29, 0.717) is 17.8 Å². The molecule has 2 amide bonds. The largest absolute Gasteiger partial charge is 0.465 e. The minimum absolute atomic E-state index is 0.234. The zero-order valence-electron chi connectivity index (χ0n) is 11.6. The highest BCUT2D eigenvalue weighted by molar-refractivity contribution is 5.93. The molecule has 19 heavy (non-hydrogen) atoms. The van der Waals surface area contributed by atoms with E-state index < -0.39 is 0 Å². The molecule has 1 aromatic rings. The molecule has 0 aliphatic carbocycles. The first-order valence-corrected chi connectivity index (χ1v) is 6.32. The first kappa shape index (κ1) is 15.0. The summed E-state index contributed by atoms with van der Waals surface area (Å²) in [5.41, 5.74) is 1.96. The normalized spacial score (nSPS) is 9.84. The van der Waals surface area contributed by atoms with Gasteiger partial charge >= 0.3 is 12.0 Å². The minimum Gasteiger partial charge on any atom is -0.465 e. The molecule has 0 saturated heterocycles. The molecule has 0 bridgehead atoms. The summed E-state index contributed by atoms with van der Waals surface area (Å²) in [6.07, 6.45) is 1.99. The third-order valence-electron chi connectivity index (χ3n) is 2.71. The Morgan fingerprint density at radius 3 is 2.63 bits per heavy atom. The van der Waals surface area contributed by atoms with Crippen LogP contribution >= 0.6 is 0 Å². The van der Waals surface area contributed by atoms with Crippen LogP contribution in [0.15, 0.2) is 18.2 Å². The Morgan fingerprint density at radius 1 is 1.32 bits per heavy atom. The number of methoxy groups -OCH3 is 1. The van der Waals surface area contributed by atoms with Crippen LogP contribution in [0.4, 0.5) is 10.5 Å². The number of benzene rings is 1. The number of hydrogen-bond donors (Lipinski definition) is 2. The maximum atomic E-state index is 11.6. The van der Waals surface area contributed by atoms with Crippen molar-refractivity contribution in [1.82, 2.24) is 5.32 Å². The SMILES string of the molecule is CCCCNC(=O)Nc1ccc(C(=O)OC)cc1C. The van der Waals surface area contributed by atoms with Crippen LogP contribution in [0.1, 0.15) is 35.7 Å². The van der Waals surface area contributed by atoms with Gasteiger partial charge in [0.25, 0.3) is 0 Å². The van der Waals surface area contributed by atoms with E-state index in [9.17, 15) is 9.59 Å². The first-order chi connectivity index (χ1) is 9.08. The second kappa shape index (κ2) is 7.41. The molecule has 0 unspecified atom stereocenters. The highest BCUT2D eigenvalue weighted by atomic mass is 16.5. The number of nitrogens with one attached hydrogen (secondary N) is 2. The number of hydrogen-bond acceptors (Lipinski definition) is 3. The van der Waals surface area contributed by atoms with E-state index in [2.05, 4.69) is 22.3 Å². The predicted molar refractivity (Wildman–Crippen MR) is 74.4 cm³/mol. The number of esters is 1. The maximum absolute atomic E-state index is 11.6. The number of carbonyl (C=O) groups is 2. The van der Waals surface area contributed by atoms with Crippen LogP contribution in [-0.4, -0.2) is 25.7 Å². The van der Waals surface area contributed by atoms with Gasteiger partial charge in [-0.05, 0) is 37.1 Å². The van der Waals surface area contributed by atoms with Crippen molar-refractivity contribution < 1.29 is 14.3 Å². The highest BCUT2D eigenvalue weighted by Crippen LogP contribution is 2.16. The van der Waals surface area contributed by atoms with Crippen LogP contribution in [-0.2, 0) is 4.74 Å². The van der Waals surface area contributed by atoms with Crippen LogP contribution in [0.3, 0.4) is 0 Å². The lowest BCUT2D eigenvalue weighted by atomic mass is 10.1. The summed E-state index contributed by atoms with van der Waals surface area (Å²) in [7, 11) is 1.34. The van der Waals surface area contributed by atoms with Crippen molar-refractivity contribution in [2.75, 3.05) is 19.0 Å². The number of ether oxygens (including phenoxy) is 1. The molecule has 0 aliphatic rings. The summed E-state index contributed by atoms with van der Waals surface area (Å²) in [4.78, 5) is 23.0. The van der Waals surface area contributed by atoms with Gasteiger partial charge in [-0.25, -0.2) is 9.59 Å². The van der Waals surface area contributed by atoms with Crippen LogP contribution < -0.4 is 10.6 Å². The molecule has 0 aromatic heterocycles. The molecule has 1 rings (SSSR count). The molecule has 5 heteroatoms. The van der Waals surface area contributed by atoms with Gasteiger partial charge in [0.1, 0.15) is 0 Å². The van der Waals surface area contributed by atoms with E-state index in [1.54, 1.807) is 18.2 Å².